The number of fused-ring (bicyclic) bond motifs is 1. The maximum atomic E-state index is 10.8. The smallest absolute Gasteiger partial charge is 0.353 e. The lowest BCUT2D eigenvalue weighted by Gasteiger charge is -1.97. The van der Waals surface area contributed by atoms with Crippen molar-refractivity contribution in [2.75, 3.05) is 5.73 Å². The molecule has 18 heavy (non-hydrogen) atoms. The van der Waals surface area contributed by atoms with Crippen molar-refractivity contribution in [3.05, 3.63) is 30.1 Å². The van der Waals surface area contributed by atoms with Crippen molar-refractivity contribution in [3.8, 4) is 11.4 Å². The second-order valence-electron chi connectivity index (χ2n) is 3.82. The van der Waals surface area contributed by atoms with Crippen molar-refractivity contribution in [1.82, 2.24) is 20.2 Å². The molecule has 0 aliphatic heterocycles. The molecule has 0 aliphatic rings. The average molecular weight is 243 g/mol. The molecule has 0 saturated carbocycles. The molecule has 0 amide bonds. The standard InChI is InChI=1S/C11H9N5O2/c12-9-6-3-5(1-2-7(6)15-16-9)10-13-4-8(14-10)11(17)18/h1-4H,(H,13,14)(H,17,18)(H3,12,15,16). The number of benzene rings is 1. The first-order valence-corrected chi connectivity index (χ1v) is 5.17. The van der Waals surface area contributed by atoms with E-state index in [4.69, 9.17) is 10.8 Å². The van der Waals surface area contributed by atoms with Crippen LogP contribution < -0.4 is 5.73 Å². The number of imidazole rings is 1. The Labute approximate surface area is 101 Å². The SMILES string of the molecule is Nc1n[nH]c2ccc(-c3ncc(C(=O)O)[nH]3)cc12. The van der Waals surface area contributed by atoms with Crippen molar-refractivity contribution in [2.45, 2.75) is 0 Å². The summed E-state index contributed by atoms with van der Waals surface area (Å²) in [4.78, 5) is 17.5. The quantitative estimate of drug-likeness (QED) is 0.539. The summed E-state index contributed by atoms with van der Waals surface area (Å²) in [6.45, 7) is 0. The molecule has 2 aromatic heterocycles. The Hall–Kier alpha value is -2.83. The lowest BCUT2D eigenvalue weighted by molar-refractivity contribution is 0.0691. The van der Waals surface area contributed by atoms with E-state index in [1.165, 1.54) is 6.20 Å². The van der Waals surface area contributed by atoms with Crippen LogP contribution in [0.3, 0.4) is 0 Å². The number of aromatic amines is 2. The van der Waals surface area contributed by atoms with Crippen LogP contribution in [0.1, 0.15) is 10.5 Å². The van der Waals surface area contributed by atoms with Crippen molar-refractivity contribution >= 4 is 22.7 Å². The molecule has 7 nitrogen and oxygen atoms in total. The summed E-state index contributed by atoms with van der Waals surface area (Å²) >= 11 is 0. The lowest BCUT2D eigenvalue weighted by Crippen LogP contribution is -1.95. The van der Waals surface area contributed by atoms with Gasteiger partial charge in [0, 0.05) is 10.9 Å². The Morgan fingerprint density at radius 3 is 2.94 bits per heavy atom. The van der Waals surface area contributed by atoms with Gasteiger partial charge in [-0.15, -0.1) is 0 Å². The summed E-state index contributed by atoms with van der Waals surface area (Å²) in [5, 5.41) is 16.3. The predicted molar refractivity (Wildman–Crippen MR) is 65.0 cm³/mol. The van der Waals surface area contributed by atoms with Crippen molar-refractivity contribution in [1.29, 1.82) is 0 Å². The van der Waals surface area contributed by atoms with Crippen LogP contribution in [0.4, 0.5) is 5.82 Å². The van der Waals surface area contributed by atoms with E-state index in [-0.39, 0.29) is 5.69 Å². The molecule has 1 aromatic carbocycles. The van der Waals surface area contributed by atoms with Gasteiger partial charge in [0.2, 0.25) is 0 Å². The fraction of sp³-hybridized carbons (Fsp3) is 0. The fourth-order valence-corrected chi connectivity index (χ4v) is 1.76. The molecule has 90 valence electrons. The first kappa shape index (κ1) is 10.3. The number of anilines is 1. The topological polar surface area (TPSA) is 121 Å². The predicted octanol–water partition coefficient (Wildman–Crippen LogP) is 1.23. The number of rotatable bonds is 2. The minimum absolute atomic E-state index is 0.0465. The first-order chi connectivity index (χ1) is 8.65. The monoisotopic (exact) mass is 243 g/mol. The number of nitrogens with two attached hydrogens (primary N) is 1. The second-order valence-corrected chi connectivity index (χ2v) is 3.82. The van der Waals surface area contributed by atoms with Crippen LogP contribution in [-0.2, 0) is 0 Å². The van der Waals surface area contributed by atoms with Crippen LogP contribution in [0.15, 0.2) is 24.4 Å². The number of aromatic nitrogens is 4. The molecule has 0 aliphatic carbocycles. The van der Waals surface area contributed by atoms with Gasteiger partial charge in [-0.2, -0.15) is 5.10 Å². The molecule has 0 fully saturated rings. The van der Waals surface area contributed by atoms with E-state index in [9.17, 15) is 4.79 Å². The summed E-state index contributed by atoms with van der Waals surface area (Å²) in [7, 11) is 0. The molecule has 7 heteroatoms. The van der Waals surface area contributed by atoms with Crippen LogP contribution in [-0.4, -0.2) is 31.2 Å². The Morgan fingerprint density at radius 2 is 2.22 bits per heavy atom. The van der Waals surface area contributed by atoms with Gasteiger partial charge in [0.1, 0.15) is 11.5 Å². The van der Waals surface area contributed by atoms with E-state index in [0.717, 1.165) is 16.5 Å². The minimum atomic E-state index is -1.04. The number of carboxylic acids is 1. The zero-order chi connectivity index (χ0) is 12.7. The molecule has 0 saturated heterocycles. The molecule has 0 spiro atoms. The molecule has 0 radical (unpaired) electrons. The summed E-state index contributed by atoms with van der Waals surface area (Å²) < 4.78 is 0. The molecule has 0 atom stereocenters. The molecule has 3 aromatic rings. The van der Waals surface area contributed by atoms with Gasteiger partial charge in [-0.25, -0.2) is 9.78 Å². The first-order valence-electron chi connectivity index (χ1n) is 5.17. The highest BCUT2D eigenvalue weighted by Crippen LogP contribution is 2.24. The highest BCUT2D eigenvalue weighted by Gasteiger charge is 2.10. The number of hydrogen-bond acceptors (Lipinski definition) is 4. The third-order valence-electron chi connectivity index (χ3n) is 2.67. The van der Waals surface area contributed by atoms with Crippen LogP contribution in [0, 0.1) is 0 Å². The van der Waals surface area contributed by atoms with Gasteiger partial charge in [0.25, 0.3) is 0 Å². The largest absolute Gasteiger partial charge is 0.477 e. The van der Waals surface area contributed by atoms with E-state index in [1.54, 1.807) is 6.07 Å². The molecule has 2 heterocycles. The maximum Gasteiger partial charge on any atom is 0.353 e. The maximum absolute atomic E-state index is 10.8. The Balaban J connectivity index is 2.12. The minimum Gasteiger partial charge on any atom is -0.477 e. The normalized spacial score (nSPS) is 10.9. The number of nitrogens with zero attached hydrogens (tertiary/aromatic N) is 2. The molecule has 0 bridgehead atoms. The van der Waals surface area contributed by atoms with E-state index in [0.29, 0.717) is 11.6 Å². The van der Waals surface area contributed by atoms with Gasteiger partial charge in [-0.1, -0.05) is 0 Å². The van der Waals surface area contributed by atoms with Crippen LogP contribution in [0.5, 0.6) is 0 Å². The number of carbonyl (C=O) groups is 1. The molecular formula is C11H9N5O2. The van der Waals surface area contributed by atoms with E-state index in [2.05, 4.69) is 20.2 Å². The van der Waals surface area contributed by atoms with Gasteiger partial charge in [0.15, 0.2) is 5.82 Å². The summed E-state index contributed by atoms with van der Waals surface area (Å²) in [6.07, 6.45) is 1.28. The highest BCUT2D eigenvalue weighted by atomic mass is 16.4. The number of nitrogen functional groups attached to an aromatic ring is 1. The lowest BCUT2D eigenvalue weighted by atomic mass is 10.1. The summed E-state index contributed by atoms with van der Waals surface area (Å²) in [5.41, 5.74) is 7.33. The highest BCUT2D eigenvalue weighted by molar-refractivity contribution is 5.92. The van der Waals surface area contributed by atoms with Gasteiger partial charge < -0.3 is 15.8 Å². The van der Waals surface area contributed by atoms with Crippen LogP contribution in [0.25, 0.3) is 22.3 Å². The van der Waals surface area contributed by atoms with Gasteiger partial charge in [-0.05, 0) is 18.2 Å². The second kappa shape index (κ2) is 3.59. The molecule has 0 unspecified atom stereocenters. The Morgan fingerprint density at radius 1 is 1.39 bits per heavy atom. The van der Waals surface area contributed by atoms with E-state index in [1.807, 2.05) is 12.1 Å². The van der Waals surface area contributed by atoms with E-state index >= 15 is 0 Å². The Kier molecular flexibility index (Phi) is 2.06. The fourth-order valence-electron chi connectivity index (χ4n) is 1.76. The third kappa shape index (κ3) is 1.49. The molecule has 5 N–H and O–H groups in total. The average Bonchev–Trinajstić information content (AvgIpc) is 2.96. The number of nitrogens with one attached hydrogen (secondary N) is 2. The van der Waals surface area contributed by atoms with Gasteiger partial charge >= 0.3 is 5.97 Å². The zero-order valence-corrected chi connectivity index (χ0v) is 9.14. The van der Waals surface area contributed by atoms with Crippen LogP contribution >= 0.6 is 0 Å². The van der Waals surface area contributed by atoms with Crippen molar-refractivity contribution < 1.29 is 9.90 Å². The van der Waals surface area contributed by atoms with E-state index < -0.39 is 5.97 Å². The number of aromatic carboxylic acids is 1. The van der Waals surface area contributed by atoms with Crippen molar-refractivity contribution in [3.63, 3.8) is 0 Å². The third-order valence-corrected chi connectivity index (χ3v) is 2.67. The van der Waals surface area contributed by atoms with Crippen molar-refractivity contribution in [2.24, 2.45) is 0 Å². The number of carboxylic acid groups (broad SMARTS) is 1. The number of H-pyrrole nitrogens is 2. The molecular weight excluding hydrogens is 234 g/mol. The Bertz CT molecular complexity index is 743. The number of hydrogen-bond donors (Lipinski definition) is 4. The van der Waals surface area contributed by atoms with Crippen LogP contribution in [0.2, 0.25) is 0 Å². The van der Waals surface area contributed by atoms with Gasteiger partial charge in [0.05, 0.1) is 11.7 Å². The van der Waals surface area contributed by atoms with Gasteiger partial charge in [-0.3, -0.25) is 5.10 Å². The summed E-state index contributed by atoms with van der Waals surface area (Å²) in [5.74, 6) is -0.163. The summed E-state index contributed by atoms with van der Waals surface area (Å²) in [6, 6.07) is 5.43. The zero-order valence-electron chi connectivity index (χ0n) is 9.14. The molecule has 3 rings (SSSR count).